The fourth-order valence-electron chi connectivity index (χ4n) is 2.32. The molecule has 0 fully saturated rings. The van der Waals surface area contributed by atoms with Gasteiger partial charge in [-0.15, -0.1) is 0 Å². The van der Waals surface area contributed by atoms with Crippen LogP contribution in [0.3, 0.4) is 0 Å². The Morgan fingerprint density at radius 3 is 2.54 bits per heavy atom. The molecule has 0 aliphatic heterocycles. The highest BCUT2D eigenvalue weighted by atomic mass is 16.5. The summed E-state index contributed by atoms with van der Waals surface area (Å²) in [5.74, 6) is 1.02. The average molecular weight is 322 g/mol. The standard InChI is InChI=1S/C19H18N2O3/c1-13-8-6-7-11-17(13)23-12-16-14(2)24-21-18(16)19(22)20-15-9-4-3-5-10-15/h3-11H,12H2,1-2H3,(H,20,22). The van der Waals surface area contributed by atoms with Crippen molar-refractivity contribution >= 4 is 11.6 Å². The zero-order valence-corrected chi connectivity index (χ0v) is 13.6. The number of benzene rings is 2. The second-order valence-corrected chi connectivity index (χ2v) is 5.44. The van der Waals surface area contributed by atoms with Gasteiger partial charge in [0.1, 0.15) is 18.1 Å². The minimum Gasteiger partial charge on any atom is -0.488 e. The second kappa shape index (κ2) is 7.00. The number of amides is 1. The van der Waals surface area contributed by atoms with Gasteiger partial charge in [0.15, 0.2) is 5.69 Å². The Bertz CT molecular complexity index is 841. The van der Waals surface area contributed by atoms with Crippen molar-refractivity contribution in [2.75, 3.05) is 5.32 Å². The van der Waals surface area contributed by atoms with E-state index in [1.807, 2.05) is 61.5 Å². The number of ether oxygens (including phenoxy) is 1. The molecule has 0 bridgehead atoms. The Morgan fingerprint density at radius 2 is 1.79 bits per heavy atom. The highest BCUT2D eigenvalue weighted by molar-refractivity contribution is 6.03. The summed E-state index contributed by atoms with van der Waals surface area (Å²) in [7, 11) is 0. The minimum absolute atomic E-state index is 0.220. The maximum absolute atomic E-state index is 12.4. The van der Waals surface area contributed by atoms with Crippen LogP contribution in [-0.4, -0.2) is 11.1 Å². The summed E-state index contributed by atoms with van der Waals surface area (Å²) in [6.07, 6.45) is 0. The van der Waals surface area contributed by atoms with Crippen molar-refractivity contribution in [1.29, 1.82) is 0 Å². The lowest BCUT2D eigenvalue weighted by Crippen LogP contribution is -2.15. The van der Waals surface area contributed by atoms with Crippen LogP contribution in [0.15, 0.2) is 59.1 Å². The normalized spacial score (nSPS) is 10.4. The summed E-state index contributed by atoms with van der Waals surface area (Å²) in [6, 6.07) is 16.9. The highest BCUT2D eigenvalue weighted by Gasteiger charge is 2.20. The zero-order chi connectivity index (χ0) is 16.9. The first kappa shape index (κ1) is 15.8. The van der Waals surface area contributed by atoms with Crippen LogP contribution in [0.2, 0.25) is 0 Å². The van der Waals surface area contributed by atoms with Crippen molar-refractivity contribution in [3.8, 4) is 5.75 Å². The van der Waals surface area contributed by atoms with Gasteiger partial charge in [-0.2, -0.15) is 0 Å². The van der Waals surface area contributed by atoms with Gasteiger partial charge in [-0.1, -0.05) is 41.6 Å². The first-order valence-corrected chi connectivity index (χ1v) is 7.65. The summed E-state index contributed by atoms with van der Waals surface area (Å²) in [5.41, 5.74) is 2.62. The molecule has 3 aromatic rings. The molecule has 1 aromatic heterocycles. The van der Waals surface area contributed by atoms with Gasteiger partial charge in [0.2, 0.25) is 0 Å². The first-order valence-electron chi connectivity index (χ1n) is 7.65. The van der Waals surface area contributed by atoms with Crippen molar-refractivity contribution in [3.05, 3.63) is 77.2 Å². The number of rotatable bonds is 5. The van der Waals surface area contributed by atoms with Gasteiger partial charge >= 0.3 is 0 Å². The summed E-state index contributed by atoms with van der Waals surface area (Å²) in [4.78, 5) is 12.4. The maximum Gasteiger partial charge on any atom is 0.278 e. The van der Waals surface area contributed by atoms with E-state index in [4.69, 9.17) is 9.26 Å². The van der Waals surface area contributed by atoms with Crippen molar-refractivity contribution in [2.45, 2.75) is 20.5 Å². The van der Waals surface area contributed by atoms with E-state index in [-0.39, 0.29) is 18.2 Å². The molecule has 0 radical (unpaired) electrons. The van der Waals surface area contributed by atoms with Crippen LogP contribution in [-0.2, 0) is 6.61 Å². The summed E-state index contributed by atoms with van der Waals surface area (Å²) in [5, 5.41) is 6.68. The molecule has 5 nitrogen and oxygen atoms in total. The fraction of sp³-hybridized carbons (Fsp3) is 0.158. The summed E-state index contributed by atoms with van der Waals surface area (Å²) < 4.78 is 11.0. The smallest absolute Gasteiger partial charge is 0.278 e. The van der Waals surface area contributed by atoms with E-state index < -0.39 is 0 Å². The molecule has 0 atom stereocenters. The molecule has 3 rings (SSSR count). The lowest BCUT2D eigenvalue weighted by Gasteiger charge is -2.09. The monoisotopic (exact) mass is 322 g/mol. The fourth-order valence-corrected chi connectivity index (χ4v) is 2.32. The van der Waals surface area contributed by atoms with Crippen LogP contribution in [0.4, 0.5) is 5.69 Å². The predicted octanol–water partition coefficient (Wildman–Crippen LogP) is 4.12. The number of nitrogens with one attached hydrogen (secondary N) is 1. The van der Waals surface area contributed by atoms with Gasteiger partial charge in [0.05, 0.1) is 5.56 Å². The molecule has 0 aliphatic carbocycles. The summed E-state index contributed by atoms with van der Waals surface area (Å²) >= 11 is 0. The van der Waals surface area contributed by atoms with Gasteiger partial charge in [-0.25, -0.2) is 0 Å². The topological polar surface area (TPSA) is 64.4 Å². The van der Waals surface area contributed by atoms with Crippen molar-refractivity contribution < 1.29 is 14.1 Å². The first-order chi connectivity index (χ1) is 11.6. The molecular weight excluding hydrogens is 304 g/mol. The van der Waals surface area contributed by atoms with Crippen LogP contribution in [0.1, 0.15) is 27.4 Å². The maximum atomic E-state index is 12.4. The molecule has 0 saturated heterocycles. The van der Waals surface area contributed by atoms with Gasteiger partial charge in [-0.05, 0) is 37.6 Å². The average Bonchev–Trinajstić information content (AvgIpc) is 2.96. The molecule has 0 saturated carbocycles. The number of anilines is 1. The molecule has 0 unspecified atom stereocenters. The SMILES string of the molecule is Cc1ccccc1OCc1c(C(=O)Nc2ccccc2)noc1C. The second-order valence-electron chi connectivity index (χ2n) is 5.44. The molecule has 24 heavy (non-hydrogen) atoms. The summed E-state index contributed by atoms with van der Waals surface area (Å²) in [6.45, 7) is 3.96. The number of carbonyl (C=O) groups is 1. The number of hydrogen-bond acceptors (Lipinski definition) is 4. The van der Waals surface area contributed by atoms with Gasteiger partial charge in [0, 0.05) is 5.69 Å². The lowest BCUT2D eigenvalue weighted by atomic mass is 10.2. The van der Waals surface area contributed by atoms with E-state index in [0.717, 1.165) is 11.3 Å². The third-order valence-electron chi connectivity index (χ3n) is 3.70. The van der Waals surface area contributed by atoms with E-state index in [0.29, 0.717) is 17.0 Å². The van der Waals surface area contributed by atoms with Gasteiger partial charge < -0.3 is 14.6 Å². The number of para-hydroxylation sites is 2. The predicted molar refractivity (Wildman–Crippen MR) is 91.1 cm³/mol. The van der Waals surface area contributed by atoms with Crippen LogP contribution in [0.25, 0.3) is 0 Å². The molecule has 1 N–H and O–H groups in total. The van der Waals surface area contributed by atoms with Crippen LogP contribution in [0.5, 0.6) is 5.75 Å². The molecule has 2 aromatic carbocycles. The zero-order valence-electron chi connectivity index (χ0n) is 13.6. The van der Waals surface area contributed by atoms with Gasteiger partial charge in [0.25, 0.3) is 5.91 Å². The van der Waals surface area contributed by atoms with E-state index >= 15 is 0 Å². The molecule has 5 heteroatoms. The lowest BCUT2D eigenvalue weighted by molar-refractivity contribution is 0.101. The van der Waals surface area contributed by atoms with Crippen LogP contribution < -0.4 is 10.1 Å². The highest BCUT2D eigenvalue weighted by Crippen LogP contribution is 2.21. The Kier molecular flexibility index (Phi) is 4.61. The number of carbonyl (C=O) groups excluding carboxylic acids is 1. The quantitative estimate of drug-likeness (QED) is 0.767. The molecular formula is C19H18N2O3. The van der Waals surface area contributed by atoms with Crippen LogP contribution in [0, 0.1) is 13.8 Å². The molecule has 1 amide bonds. The van der Waals surface area contributed by atoms with Crippen molar-refractivity contribution in [3.63, 3.8) is 0 Å². The number of aromatic nitrogens is 1. The van der Waals surface area contributed by atoms with E-state index in [1.54, 1.807) is 6.92 Å². The Labute approximate surface area is 140 Å². The Hall–Kier alpha value is -3.08. The molecule has 1 heterocycles. The molecule has 0 aliphatic rings. The third kappa shape index (κ3) is 3.46. The molecule has 122 valence electrons. The number of nitrogens with zero attached hydrogens (tertiary/aromatic N) is 1. The van der Waals surface area contributed by atoms with E-state index in [2.05, 4.69) is 10.5 Å². The van der Waals surface area contributed by atoms with Gasteiger partial charge in [-0.3, -0.25) is 4.79 Å². The van der Waals surface area contributed by atoms with E-state index in [1.165, 1.54) is 0 Å². The number of hydrogen-bond donors (Lipinski definition) is 1. The largest absolute Gasteiger partial charge is 0.488 e. The minimum atomic E-state index is -0.318. The van der Waals surface area contributed by atoms with Crippen LogP contribution >= 0.6 is 0 Å². The molecule has 0 spiro atoms. The van der Waals surface area contributed by atoms with E-state index in [9.17, 15) is 4.79 Å². The Morgan fingerprint density at radius 1 is 1.08 bits per heavy atom. The third-order valence-corrected chi connectivity index (χ3v) is 3.70. The number of aryl methyl sites for hydroxylation is 2. The van der Waals surface area contributed by atoms with Crippen molar-refractivity contribution in [2.24, 2.45) is 0 Å². The van der Waals surface area contributed by atoms with Crippen molar-refractivity contribution in [1.82, 2.24) is 5.16 Å². The Balaban J connectivity index is 1.76.